The van der Waals surface area contributed by atoms with Crippen molar-refractivity contribution in [3.8, 4) is 5.75 Å². The van der Waals surface area contributed by atoms with Crippen molar-refractivity contribution in [3.63, 3.8) is 0 Å². The van der Waals surface area contributed by atoms with Gasteiger partial charge >= 0.3 is 0 Å². The maximum Gasteiger partial charge on any atom is 0.273 e. The summed E-state index contributed by atoms with van der Waals surface area (Å²) in [6, 6.07) is 6.49. The lowest BCUT2D eigenvalue weighted by molar-refractivity contribution is -0.771. The lowest BCUT2D eigenvalue weighted by atomic mass is 9.86. The van der Waals surface area contributed by atoms with Gasteiger partial charge in [0.25, 0.3) is 5.91 Å². The van der Waals surface area contributed by atoms with E-state index in [0.717, 1.165) is 12.1 Å². The van der Waals surface area contributed by atoms with Gasteiger partial charge in [-0.1, -0.05) is 12.1 Å². The number of para-hydroxylation sites is 1. The first-order chi connectivity index (χ1) is 9.69. The van der Waals surface area contributed by atoms with Gasteiger partial charge < -0.3 is 15.8 Å². The monoisotopic (exact) mass is 290 g/mol. The van der Waals surface area contributed by atoms with Crippen molar-refractivity contribution in [2.75, 3.05) is 0 Å². The highest BCUT2D eigenvalue weighted by Crippen LogP contribution is 2.19. The summed E-state index contributed by atoms with van der Waals surface area (Å²) in [6.07, 6.45) is 2.95. The molecular formula is C16H24N3O2+. The number of hydrogen-bond donors (Lipinski definition) is 4. The summed E-state index contributed by atoms with van der Waals surface area (Å²) in [5, 5.41) is 12.0. The normalized spacial score (nSPS) is 19.5. The first-order valence-electron chi connectivity index (χ1n) is 7.12. The molecule has 21 heavy (non-hydrogen) atoms. The number of rotatable bonds is 3. The Morgan fingerprint density at radius 1 is 1.24 bits per heavy atom. The molecular weight excluding hydrogens is 266 g/mol. The van der Waals surface area contributed by atoms with Crippen LogP contribution in [0.2, 0.25) is 0 Å². The average Bonchev–Trinajstić information content (AvgIpc) is 2.33. The second kappa shape index (κ2) is 5.41. The van der Waals surface area contributed by atoms with Crippen LogP contribution in [0.25, 0.3) is 0 Å². The molecule has 5 N–H and O–H groups in total. The summed E-state index contributed by atoms with van der Waals surface area (Å²) in [6.45, 7) is 8.63. The van der Waals surface area contributed by atoms with E-state index in [1.165, 1.54) is 6.07 Å². The summed E-state index contributed by atoms with van der Waals surface area (Å²) in [4.78, 5) is 12.1. The molecule has 1 aliphatic rings. The molecule has 0 bridgehead atoms. The first-order valence-corrected chi connectivity index (χ1v) is 7.12. The summed E-state index contributed by atoms with van der Waals surface area (Å²) in [5.74, 6) is -0.373. The summed E-state index contributed by atoms with van der Waals surface area (Å²) >= 11 is 0. The Labute approximate surface area is 125 Å². The molecule has 1 heterocycles. The second-order valence-electron chi connectivity index (χ2n) is 6.90. The van der Waals surface area contributed by atoms with Crippen molar-refractivity contribution >= 4 is 5.91 Å². The zero-order valence-electron chi connectivity index (χ0n) is 13.0. The fourth-order valence-electron chi connectivity index (χ4n) is 3.04. The van der Waals surface area contributed by atoms with E-state index >= 15 is 0 Å². The highest BCUT2D eigenvalue weighted by atomic mass is 16.3. The van der Waals surface area contributed by atoms with Crippen LogP contribution in [0.4, 0.5) is 0 Å². The van der Waals surface area contributed by atoms with Crippen LogP contribution >= 0.6 is 0 Å². The number of aromatic hydroxyl groups is 1. The number of phenolic OH excluding ortho intramolecular Hbond substituents is 1. The van der Waals surface area contributed by atoms with Gasteiger partial charge in [-0.3, -0.25) is 10.2 Å². The molecule has 5 nitrogen and oxygen atoms in total. The van der Waals surface area contributed by atoms with Crippen LogP contribution in [0, 0.1) is 0 Å². The van der Waals surface area contributed by atoms with Gasteiger partial charge in [0.2, 0.25) is 0 Å². The van der Waals surface area contributed by atoms with E-state index in [2.05, 4.69) is 49.9 Å². The third-order valence-corrected chi connectivity index (χ3v) is 3.44. The van der Waals surface area contributed by atoms with Crippen LogP contribution in [0.15, 0.2) is 36.0 Å². The summed E-state index contributed by atoms with van der Waals surface area (Å²) in [5.41, 5.74) is 6.93. The third kappa shape index (κ3) is 3.98. The smallest absolute Gasteiger partial charge is 0.273 e. The summed E-state index contributed by atoms with van der Waals surface area (Å²) in [7, 11) is 0. The zero-order valence-corrected chi connectivity index (χ0v) is 13.0. The molecule has 0 unspecified atom stereocenters. The quantitative estimate of drug-likeness (QED) is 0.628. The molecule has 0 spiro atoms. The van der Waals surface area contributed by atoms with Crippen LogP contribution < -0.4 is 16.2 Å². The Hall–Kier alpha value is -2.01. The number of carbonyl (C=O) groups excluding carboxylic acids is 1. The van der Waals surface area contributed by atoms with E-state index in [-0.39, 0.29) is 28.3 Å². The highest BCUT2D eigenvalue weighted by Gasteiger charge is 2.36. The minimum Gasteiger partial charge on any atom is -0.507 e. The van der Waals surface area contributed by atoms with Gasteiger partial charge in [-0.15, -0.1) is 0 Å². The summed E-state index contributed by atoms with van der Waals surface area (Å²) < 4.78 is 0. The number of nitrogens with one attached hydrogen (secondary N) is 2. The Balaban J connectivity index is 2.05. The van der Waals surface area contributed by atoms with Crippen molar-refractivity contribution in [1.29, 1.82) is 0 Å². The van der Waals surface area contributed by atoms with Crippen LogP contribution in [-0.2, 0) is 0 Å². The number of phenols is 1. The first kappa shape index (κ1) is 15.4. The molecule has 1 amide bonds. The van der Waals surface area contributed by atoms with Gasteiger partial charge in [0.15, 0.2) is 0 Å². The Morgan fingerprint density at radius 3 is 2.52 bits per heavy atom. The SMILES string of the molecule is CC1(C)C=C(NNC(=O)c2ccccc2O)CC(C)(C)[NH2+]1. The molecule has 1 aliphatic heterocycles. The molecule has 0 saturated carbocycles. The van der Waals surface area contributed by atoms with Crippen molar-refractivity contribution in [1.82, 2.24) is 10.9 Å². The third-order valence-electron chi connectivity index (χ3n) is 3.44. The van der Waals surface area contributed by atoms with E-state index < -0.39 is 0 Å². The Kier molecular flexibility index (Phi) is 3.96. The standard InChI is InChI=1S/C16H23N3O2/c1-15(2)9-11(10-16(3,4)19-15)17-18-14(21)12-7-5-6-8-13(12)20/h5-9,17,19-20H,10H2,1-4H3,(H,18,21)/p+1. The molecule has 0 saturated heterocycles. The number of amides is 1. The topological polar surface area (TPSA) is 78.0 Å². The molecule has 2 rings (SSSR count). The van der Waals surface area contributed by atoms with E-state index in [1.807, 2.05) is 0 Å². The molecule has 0 aliphatic carbocycles. The minimum absolute atomic E-state index is 0.0241. The fraction of sp³-hybridized carbons (Fsp3) is 0.438. The number of carbonyl (C=O) groups is 1. The second-order valence-corrected chi connectivity index (χ2v) is 6.90. The molecule has 0 fully saturated rings. The van der Waals surface area contributed by atoms with Crippen molar-refractivity contribution in [2.24, 2.45) is 0 Å². The lowest BCUT2D eigenvalue weighted by Gasteiger charge is -2.37. The number of hydrogen-bond acceptors (Lipinski definition) is 3. The van der Waals surface area contributed by atoms with Gasteiger partial charge in [0.05, 0.1) is 11.1 Å². The average molecular weight is 290 g/mol. The van der Waals surface area contributed by atoms with E-state index in [0.29, 0.717) is 0 Å². The molecule has 1 aromatic carbocycles. The van der Waals surface area contributed by atoms with Crippen molar-refractivity contribution < 1.29 is 15.2 Å². The largest absolute Gasteiger partial charge is 0.507 e. The molecule has 5 heteroatoms. The fourth-order valence-corrected chi connectivity index (χ4v) is 3.04. The number of quaternary nitrogens is 1. The minimum atomic E-state index is -0.348. The highest BCUT2D eigenvalue weighted by molar-refractivity contribution is 5.96. The maximum atomic E-state index is 12.1. The molecule has 0 atom stereocenters. The van der Waals surface area contributed by atoms with Crippen LogP contribution in [-0.4, -0.2) is 22.1 Å². The van der Waals surface area contributed by atoms with Gasteiger partial charge in [-0.2, -0.15) is 0 Å². The predicted molar refractivity (Wildman–Crippen MR) is 81.5 cm³/mol. The van der Waals surface area contributed by atoms with Crippen LogP contribution in [0.1, 0.15) is 44.5 Å². The number of nitrogens with two attached hydrogens (primary N) is 1. The van der Waals surface area contributed by atoms with E-state index in [1.54, 1.807) is 18.2 Å². The van der Waals surface area contributed by atoms with Gasteiger partial charge in [0.1, 0.15) is 11.3 Å². The predicted octanol–water partition coefficient (Wildman–Crippen LogP) is 1.03. The van der Waals surface area contributed by atoms with Gasteiger partial charge in [-0.25, -0.2) is 0 Å². The number of hydrazine groups is 1. The maximum absolute atomic E-state index is 12.1. The zero-order chi connectivity index (χ0) is 15.7. The van der Waals surface area contributed by atoms with E-state index in [9.17, 15) is 9.90 Å². The molecule has 1 aromatic rings. The number of benzene rings is 1. The van der Waals surface area contributed by atoms with E-state index in [4.69, 9.17) is 0 Å². The molecule has 114 valence electrons. The van der Waals surface area contributed by atoms with Crippen molar-refractivity contribution in [3.05, 3.63) is 41.6 Å². The van der Waals surface area contributed by atoms with Gasteiger partial charge in [0, 0.05) is 12.1 Å². The Bertz CT molecular complexity index is 577. The molecule has 0 aromatic heterocycles. The van der Waals surface area contributed by atoms with Crippen molar-refractivity contribution in [2.45, 2.75) is 45.2 Å². The lowest BCUT2D eigenvalue weighted by Crippen LogP contribution is -3.04. The van der Waals surface area contributed by atoms with Gasteiger partial charge in [-0.05, 0) is 45.9 Å². The van der Waals surface area contributed by atoms with Crippen LogP contribution in [0.3, 0.4) is 0 Å². The molecule has 0 radical (unpaired) electrons. The van der Waals surface area contributed by atoms with Crippen LogP contribution in [0.5, 0.6) is 5.75 Å². The Morgan fingerprint density at radius 2 is 1.90 bits per heavy atom.